The maximum absolute atomic E-state index is 12.6. The maximum atomic E-state index is 12.6. The summed E-state index contributed by atoms with van der Waals surface area (Å²) in [5, 5.41) is 7.92. The molecule has 2 unspecified atom stereocenters. The molecule has 0 amide bonds. The van der Waals surface area contributed by atoms with E-state index in [2.05, 4.69) is 39.4 Å². The zero-order chi connectivity index (χ0) is 19.9. The van der Waals surface area contributed by atoms with Crippen molar-refractivity contribution in [2.45, 2.75) is 64.7 Å². The lowest BCUT2D eigenvalue weighted by Gasteiger charge is -2.37. The summed E-state index contributed by atoms with van der Waals surface area (Å²) in [5.74, 6) is 0.696. The monoisotopic (exact) mass is 533 g/mol. The van der Waals surface area contributed by atoms with Gasteiger partial charge < -0.3 is 10.6 Å². The molecule has 2 heterocycles. The van der Waals surface area contributed by atoms with Crippen molar-refractivity contribution in [3.05, 3.63) is 16.1 Å². The van der Waals surface area contributed by atoms with Crippen molar-refractivity contribution in [2.75, 3.05) is 26.2 Å². The lowest BCUT2D eigenvalue weighted by Crippen LogP contribution is -2.45. The molecule has 0 radical (unpaired) electrons. The first kappa shape index (κ1) is 25.4. The third-order valence-corrected chi connectivity index (χ3v) is 5.66. The Labute approximate surface area is 186 Å². The second kappa shape index (κ2) is 12.2. The number of aliphatic imine (C=N–C) groups is 1. The van der Waals surface area contributed by atoms with E-state index < -0.39 is 11.9 Å². The fraction of sp³-hybridized carbons (Fsp3) is 0.778. The van der Waals surface area contributed by atoms with Gasteiger partial charge >= 0.3 is 6.18 Å². The van der Waals surface area contributed by atoms with Crippen LogP contribution in [0.4, 0.5) is 13.2 Å². The molecule has 5 nitrogen and oxygen atoms in total. The van der Waals surface area contributed by atoms with Crippen LogP contribution in [0.1, 0.15) is 50.7 Å². The SMILES string of the molecule is CCNC(=NCC(C)N1CCCCC1C)NCCc1nc(C(F)(F)F)cs1.I. The van der Waals surface area contributed by atoms with Crippen LogP contribution in [-0.4, -0.2) is 54.1 Å². The zero-order valence-corrected chi connectivity index (χ0v) is 19.8. The highest BCUT2D eigenvalue weighted by atomic mass is 127. The molecule has 28 heavy (non-hydrogen) atoms. The number of hydrogen-bond acceptors (Lipinski definition) is 4. The Morgan fingerprint density at radius 1 is 1.39 bits per heavy atom. The van der Waals surface area contributed by atoms with Gasteiger partial charge in [-0.1, -0.05) is 6.42 Å². The van der Waals surface area contributed by atoms with Gasteiger partial charge in [0.25, 0.3) is 0 Å². The number of guanidine groups is 1. The number of nitrogens with one attached hydrogen (secondary N) is 2. The molecule has 1 fully saturated rings. The fourth-order valence-electron chi connectivity index (χ4n) is 3.29. The Hall–Kier alpha value is -0.620. The predicted octanol–water partition coefficient (Wildman–Crippen LogP) is 4.14. The van der Waals surface area contributed by atoms with Gasteiger partial charge in [0.2, 0.25) is 0 Å². The van der Waals surface area contributed by atoms with Crippen LogP contribution >= 0.6 is 35.3 Å². The summed E-state index contributed by atoms with van der Waals surface area (Å²) in [6.45, 7) is 9.49. The molecule has 0 saturated carbocycles. The van der Waals surface area contributed by atoms with E-state index >= 15 is 0 Å². The number of aromatic nitrogens is 1. The molecule has 1 aromatic rings. The van der Waals surface area contributed by atoms with E-state index in [1.54, 1.807) is 0 Å². The molecular formula is C18H31F3IN5S. The first-order valence-corrected chi connectivity index (χ1v) is 10.5. The number of thiazole rings is 1. The summed E-state index contributed by atoms with van der Waals surface area (Å²) in [6, 6.07) is 0.955. The van der Waals surface area contributed by atoms with Crippen LogP contribution in [-0.2, 0) is 12.6 Å². The van der Waals surface area contributed by atoms with E-state index in [9.17, 15) is 13.2 Å². The number of alkyl halides is 3. The molecule has 2 N–H and O–H groups in total. The molecule has 1 saturated heterocycles. The minimum atomic E-state index is -4.37. The molecule has 1 aliphatic rings. The van der Waals surface area contributed by atoms with Crippen molar-refractivity contribution < 1.29 is 13.2 Å². The van der Waals surface area contributed by atoms with Crippen LogP contribution in [0.3, 0.4) is 0 Å². The highest BCUT2D eigenvalue weighted by Gasteiger charge is 2.33. The van der Waals surface area contributed by atoms with Gasteiger partial charge in [0.05, 0.1) is 11.6 Å². The minimum Gasteiger partial charge on any atom is -0.357 e. The number of hydrogen-bond donors (Lipinski definition) is 2. The van der Waals surface area contributed by atoms with Crippen LogP contribution in [0.5, 0.6) is 0 Å². The maximum Gasteiger partial charge on any atom is 0.434 e. The first-order valence-electron chi connectivity index (χ1n) is 9.60. The van der Waals surface area contributed by atoms with Crippen molar-refractivity contribution in [1.82, 2.24) is 20.5 Å². The Balaban J connectivity index is 0.00000392. The van der Waals surface area contributed by atoms with Crippen LogP contribution in [0.25, 0.3) is 0 Å². The van der Waals surface area contributed by atoms with Gasteiger partial charge in [-0.25, -0.2) is 4.98 Å². The van der Waals surface area contributed by atoms with Gasteiger partial charge in [-0.15, -0.1) is 35.3 Å². The van der Waals surface area contributed by atoms with Gasteiger partial charge in [-0.2, -0.15) is 13.2 Å². The largest absolute Gasteiger partial charge is 0.434 e. The number of nitrogens with zero attached hydrogens (tertiary/aromatic N) is 3. The Morgan fingerprint density at radius 3 is 2.75 bits per heavy atom. The first-order chi connectivity index (χ1) is 12.8. The van der Waals surface area contributed by atoms with E-state index in [0.29, 0.717) is 42.6 Å². The summed E-state index contributed by atoms with van der Waals surface area (Å²) in [4.78, 5) is 10.8. The van der Waals surface area contributed by atoms with Crippen LogP contribution in [0.2, 0.25) is 0 Å². The molecule has 0 bridgehead atoms. The van der Waals surface area contributed by atoms with Crippen molar-refractivity contribution in [2.24, 2.45) is 4.99 Å². The van der Waals surface area contributed by atoms with Gasteiger partial charge in [-0.05, 0) is 40.2 Å². The highest BCUT2D eigenvalue weighted by Crippen LogP contribution is 2.30. The third-order valence-electron chi connectivity index (χ3n) is 4.75. The molecule has 2 rings (SSSR count). The van der Waals surface area contributed by atoms with E-state index in [0.717, 1.165) is 29.8 Å². The average molecular weight is 533 g/mol. The van der Waals surface area contributed by atoms with E-state index in [-0.39, 0.29) is 24.0 Å². The van der Waals surface area contributed by atoms with Gasteiger partial charge in [0, 0.05) is 37.0 Å². The lowest BCUT2D eigenvalue weighted by atomic mass is 10.0. The molecule has 1 aromatic heterocycles. The summed E-state index contributed by atoms with van der Waals surface area (Å²) >= 11 is 1.04. The fourth-order valence-corrected chi connectivity index (χ4v) is 4.09. The summed E-state index contributed by atoms with van der Waals surface area (Å²) in [6.07, 6.45) is -0.167. The molecule has 0 spiro atoms. The summed E-state index contributed by atoms with van der Waals surface area (Å²) in [7, 11) is 0. The van der Waals surface area contributed by atoms with Gasteiger partial charge in [-0.3, -0.25) is 9.89 Å². The second-order valence-corrected chi connectivity index (χ2v) is 7.89. The van der Waals surface area contributed by atoms with Crippen molar-refractivity contribution >= 4 is 41.3 Å². The van der Waals surface area contributed by atoms with Crippen molar-refractivity contribution in [3.63, 3.8) is 0 Å². The van der Waals surface area contributed by atoms with E-state index in [1.807, 2.05) is 6.92 Å². The molecule has 2 atom stereocenters. The topological polar surface area (TPSA) is 52.6 Å². The standard InChI is InChI=1S/C18H30F3N5S.HI/c1-4-22-17(24-11-14(3)26-10-6-5-7-13(26)2)23-9-8-16-25-15(12-27-16)18(19,20)21;/h12-14H,4-11H2,1-3H3,(H2,22,23,24);1H. The van der Waals surface area contributed by atoms with E-state index in [1.165, 1.54) is 19.3 Å². The highest BCUT2D eigenvalue weighted by molar-refractivity contribution is 14.0. The number of likely N-dealkylation sites (tertiary alicyclic amines) is 1. The molecule has 0 aromatic carbocycles. The number of piperidine rings is 1. The smallest absolute Gasteiger partial charge is 0.357 e. The molecular weight excluding hydrogens is 502 g/mol. The van der Waals surface area contributed by atoms with Gasteiger partial charge in [0.15, 0.2) is 11.7 Å². The van der Waals surface area contributed by atoms with Crippen molar-refractivity contribution in [1.29, 1.82) is 0 Å². The Morgan fingerprint density at radius 2 is 2.14 bits per heavy atom. The molecule has 10 heteroatoms. The third kappa shape index (κ3) is 8.02. The normalized spacial score (nSPS) is 19.8. The zero-order valence-electron chi connectivity index (χ0n) is 16.7. The quantitative estimate of drug-likeness (QED) is 0.315. The summed E-state index contributed by atoms with van der Waals surface area (Å²) in [5.41, 5.74) is -0.812. The molecule has 162 valence electrons. The van der Waals surface area contributed by atoms with Crippen LogP contribution in [0.15, 0.2) is 10.4 Å². The second-order valence-electron chi connectivity index (χ2n) is 6.95. The summed E-state index contributed by atoms with van der Waals surface area (Å²) < 4.78 is 37.8. The molecule has 1 aliphatic heterocycles. The molecule has 0 aliphatic carbocycles. The number of rotatable bonds is 7. The lowest BCUT2D eigenvalue weighted by molar-refractivity contribution is -0.140. The van der Waals surface area contributed by atoms with Crippen LogP contribution in [0, 0.1) is 0 Å². The number of halogens is 4. The van der Waals surface area contributed by atoms with E-state index in [4.69, 9.17) is 0 Å². The Bertz CT molecular complexity index is 608. The average Bonchev–Trinajstić information content (AvgIpc) is 3.09. The predicted molar refractivity (Wildman–Crippen MR) is 120 cm³/mol. The van der Waals surface area contributed by atoms with Crippen molar-refractivity contribution in [3.8, 4) is 0 Å². The Kier molecular flexibility index (Phi) is 11.0. The minimum absolute atomic E-state index is 0. The van der Waals surface area contributed by atoms with Crippen LogP contribution < -0.4 is 10.6 Å². The van der Waals surface area contributed by atoms with Gasteiger partial charge in [0.1, 0.15) is 0 Å².